The van der Waals surface area contributed by atoms with Crippen molar-refractivity contribution in [2.24, 2.45) is 5.92 Å². The summed E-state index contributed by atoms with van der Waals surface area (Å²) >= 11 is 3.33. The average molecular weight is 376 g/mol. The molecule has 0 aliphatic carbocycles. The lowest BCUT2D eigenvalue weighted by Crippen LogP contribution is -2.42. The summed E-state index contributed by atoms with van der Waals surface area (Å²) in [5, 5.41) is 3.38. The van der Waals surface area contributed by atoms with Crippen LogP contribution in [0.4, 0.5) is 0 Å². The van der Waals surface area contributed by atoms with Gasteiger partial charge in [0, 0.05) is 23.0 Å². The molecule has 1 N–H and O–H groups in total. The van der Waals surface area contributed by atoms with Gasteiger partial charge in [0.15, 0.2) is 9.84 Å². The van der Waals surface area contributed by atoms with E-state index < -0.39 is 9.84 Å². The van der Waals surface area contributed by atoms with Crippen LogP contribution in [0.15, 0.2) is 33.6 Å². The molecule has 0 aromatic heterocycles. The lowest BCUT2D eigenvalue weighted by molar-refractivity contribution is 0.178. The van der Waals surface area contributed by atoms with Crippen molar-refractivity contribution in [1.29, 1.82) is 0 Å². The first-order valence-electron chi connectivity index (χ1n) is 7.32. The summed E-state index contributed by atoms with van der Waals surface area (Å²) in [6.07, 6.45) is 1.91. The highest BCUT2D eigenvalue weighted by Crippen LogP contribution is 2.22. The molecule has 4 nitrogen and oxygen atoms in total. The van der Waals surface area contributed by atoms with Crippen molar-refractivity contribution in [2.45, 2.75) is 30.7 Å². The molecule has 1 aromatic carbocycles. The number of hydrogen-bond acceptors (Lipinski definition) is 4. The van der Waals surface area contributed by atoms with Gasteiger partial charge in [0.2, 0.25) is 0 Å². The molecule has 0 spiro atoms. The number of hydrogen-bond donors (Lipinski definition) is 1. The fraction of sp³-hybridized carbons (Fsp3) is 0.600. The van der Waals surface area contributed by atoms with Gasteiger partial charge in [0.05, 0.1) is 17.3 Å². The molecule has 1 fully saturated rings. The van der Waals surface area contributed by atoms with Crippen LogP contribution in [-0.2, 0) is 14.6 Å². The highest BCUT2D eigenvalue weighted by atomic mass is 79.9. The van der Waals surface area contributed by atoms with Crippen LogP contribution in [0.1, 0.15) is 19.8 Å². The van der Waals surface area contributed by atoms with E-state index in [1.165, 1.54) is 0 Å². The van der Waals surface area contributed by atoms with E-state index in [1.807, 2.05) is 6.07 Å². The fourth-order valence-corrected chi connectivity index (χ4v) is 4.75. The molecule has 1 aromatic rings. The van der Waals surface area contributed by atoms with Crippen LogP contribution >= 0.6 is 15.9 Å². The molecule has 0 radical (unpaired) electrons. The quantitative estimate of drug-likeness (QED) is 0.795. The Morgan fingerprint density at radius 2 is 2.29 bits per heavy atom. The van der Waals surface area contributed by atoms with Gasteiger partial charge in [-0.3, -0.25) is 0 Å². The van der Waals surface area contributed by atoms with Crippen LogP contribution < -0.4 is 5.32 Å². The van der Waals surface area contributed by atoms with Gasteiger partial charge in [-0.2, -0.15) is 0 Å². The Hall–Kier alpha value is -0.430. The Bertz CT molecular complexity index is 556. The van der Waals surface area contributed by atoms with Crippen molar-refractivity contribution in [3.8, 4) is 0 Å². The molecule has 6 heteroatoms. The molecule has 1 saturated heterocycles. The molecule has 0 bridgehead atoms. The highest BCUT2D eigenvalue weighted by molar-refractivity contribution is 9.10. The SMILES string of the molecule is CCCNC(CS(=O)(=O)c1cccc(Br)c1)C1CCOC1. The van der Waals surface area contributed by atoms with E-state index in [2.05, 4.69) is 28.2 Å². The molecule has 2 unspecified atom stereocenters. The summed E-state index contributed by atoms with van der Waals surface area (Å²) < 4.78 is 31.4. The van der Waals surface area contributed by atoms with Gasteiger partial charge in [-0.25, -0.2) is 8.42 Å². The predicted octanol–water partition coefficient (Wildman–Crippen LogP) is 2.63. The summed E-state index contributed by atoms with van der Waals surface area (Å²) in [5.74, 6) is 0.399. The van der Waals surface area contributed by atoms with Crippen molar-refractivity contribution >= 4 is 25.8 Å². The third-order valence-electron chi connectivity index (χ3n) is 3.74. The van der Waals surface area contributed by atoms with Gasteiger partial charge in [-0.15, -0.1) is 0 Å². The smallest absolute Gasteiger partial charge is 0.179 e. The zero-order valence-corrected chi connectivity index (χ0v) is 14.6. The zero-order valence-electron chi connectivity index (χ0n) is 12.2. The van der Waals surface area contributed by atoms with Crippen molar-refractivity contribution < 1.29 is 13.2 Å². The molecule has 21 heavy (non-hydrogen) atoms. The van der Waals surface area contributed by atoms with Crippen molar-refractivity contribution in [2.75, 3.05) is 25.5 Å². The predicted molar refractivity (Wildman–Crippen MR) is 87.2 cm³/mol. The third kappa shape index (κ3) is 4.77. The Balaban J connectivity index is 2.13. The standard InChI is InChI=1S/C15H22BrNO3S/c1-2-7-17-15(12-6-8-20-10-12)11-21(18,19)14-5-3-4-13(16)9-14/h3-5,9,12,15,17H,2,6-8,10-11H2,1H3. The summed E-state index contributed by atoms with van der Waals surface area (Å²) in [7, 11) is -3.30. The summed E-state index contributed by atoms with van der Waals surface area (Å²) in [4.78, 5) is 0.374. The van der Waals surface area contributed by atoms with E-state index in [4.69, 9.17) is 4.74 Å². The second-order valence-electron chi connectivity index (χ2n) is 5.42. The first kappa shape index (κ1) is 16.9. The lowest BCUT2D eigenvalue weighted by Gasteiger charge is -2.23. The molecule has 2 atom stereocenters. The van der Waals surface area contributed by atoms with E-state index in [0.717, 1.165) is 30.5 Å². The Kier molecular flexibility index (Phi) is 6.22. The minimum absolute atomic E-state index is 0.0450. The third-order valence-corrected chi connectivity index (χ3v) is 6.01. The first-order chi connectivity index (χ1) is 10.0. The van der Waals surface area contributed by atoms with Gasteiger partial charge in [0.25, 0.3) is 0 Å². The Morgan fingerprint density at radius 3 is 2.90 bits per heavy atom. The molecule has 118 valence electrons. The molecule has 2 rings (SSSR count). The number of benzene rings is 1. The van der Waals surface area contributed by atoms with Crippen molar-refractivity contribution in [1.82, 2.24) is 5.32 Å². The van der Waals surface area contributed by atoms with Gasteiger partial charge < -0.3 is 10.1 Å². The van der Waals surface area contributed by atoms with Gasteiger partial charge >= 0.3 is 0 Å². The first-order valence-corrected chi connectivity index (χ1v) is 9.77. The maximum Gasteiger partial charge on any atom is 0.179 e. The van der Waals surface area contributed by atoms with Crippen LogP contribution in [-0.4, -0.2) is 40.0 Å². The largest absolute Gasteiger partial charge is 0.381 e. The second-order valence-corrected chi connectivity index (χ2v) is 8.37. The monoisotopic (exact) mass is 375 g/mol. The molecular weight excluding hydrogens is 354 g/mol. The van der Waals surface area contributed by atoms with Crippen molar-refractivity contribution in [3.05, 3.63) is 28.7 Å². The Morgan fingerprint density at radius 1 is 1.48 bits per heavy atom. The number of sulfone groups is 1. The molecule has 1 heterocycles. The summed E-state index contributed by atoms with van der Waals surface area (Å²) in [6, 6.07) is 6.86. The average Bonchev–Trinajstić information content (AvgIpc) is 2.97. The minimum Gasteiger partial charge on any atom is -0.381 e. The topological polar surface area (TPSA) is 55.4 Å². The van der Waals surface area contributed by atoms with E-state index in [0.29, 0.717) is 11.5 Å². The lowest BCUT2D eigenvalue weighted by atomic mass is 10.0. The normalized spacial score (nSPS) is 20.6. The summed E-state index contributed by atoms with van der Waals surface area (Å²) in [5.41, 5.74) is 0. The van der Waals surface area contributed by atoms with Gasteiger partial charge in [-0.05, 0) is 37.6 Å². The van der Waals surface area contributed by atoms with Crippen molar-refractivity contribution in [3.63, 3.8) is 0 Å². The van der Waals surface area contributed by atoms with E-state index in [9.17, 15) is 8.42 Å². The maximum absolute atomic E-state index is 12.6. The fourth-order valence-electron chi connectivity index (χ4n) is 2.55. The van der Waals surface area contributed by atoms with Gasteiger partial charge in [-0.1, -0.05) is 28.9 Å². The minimum atomic E-state index is -3.30. The molecule has 0 amide bonds. The number of rotatable bonds is 7. The molecule has 1 aliphatic rings. The van der Waals surface area contributed by atoms with Crippen LogP contribution in [0, 0.1) is 5.92 Å². The number of nitrogens with one attached hydrogen (secondary N) is 1. The van der Waals surface area contributed by atoms with Gasteiger partial charge in [0.1, 0.15) is 0 Å². The molecule has 1 aliphatic heterocycles. The second kappa shape index (κ2) is 7.72. The number of halogens is 1. The van der Waals surface area contributed by atoms with Crippen LogP contribution in [0.5, 0.6) is 0 Å². The van der Waals surface area contributed by atoms with E-state index >= 15 is 0 Å². The summed E-state index contributed by atoms with van der Waals surface area (Å²) in [6.45, 7) is 4.29. The van der Waals surface area contributed by atoms with E-state index in [-0.39, 0.29) is 17.7 Å². The zero-order chi connectivity index (χ0) is 15.3. The molecule has 0 saturated carbocycles. The maximum atomic E-state index is 12.6. The van der Waals surface area contributed by atoms with Crippen LogP contribution in [0.25, 0.3) is 0 Å². The number of ether oxygens (including phenoxy) is 1. The highest BCUT2D eigenvalue weighted by Gasteiger charge is 2.30. The molecular formula is C15H22BrNO3S. The Labute approximate surface area is 135 Å². The van der Waals surface area contributed by atoms with E-state index in [1.54, 1.807) is 18.2 Å². The van der Waals surface area contributed by atoms with Crippen LogP contribution in [0.2, 0.25) is 0 Å². The van der Waals surface area contributed by atoms with Crippen LogP contribution in [0.3, 0.4) is 0 Å².